The highest BCUT2D eigenvalue weighted by atomic mass is 32.2. The van der Waals surface area contributed by atoms with E-state index in [1.807, 2.05) is 27.8 Å². The normalized spacial score (nSPS) is 15.3. The van der Waals surface area contributed by atoms with E-state index in [-0.39, 0.29) is 22.3 Å². The maximum atomic E-state index is 14.6. The van der Waals surface area contributed by atoms with Gasteiger partial charge in [-0.05, 0) is 67.8 Å². The second-order valence-corrected chi connectivity index (χ2v) is 22.6. The molecule has 1 heterocycles. The van der Waals surface area contributed by atoms with Crippen molar-refractivity contribution in [3.05, 3.63) is 143 Å². The Balaban J connectivity index is 1.65. The molecule has 0 aromatic heterocycles. The maximum Gasteiger partial charge on any atom is 0.139 e. The fourth-order valence-electron chi connectivity index (χ4n) is 7.76. The van der Waals surface area contributed by atoms with Gasteiger partial charge in [0.1, 0.15) is 28.2 Å². The summed E-state index contributed by atoms with van der Waals surface area (Å²) in [4.78, 5) is 0. The molecule has 0 N–H and O–H groups in total. The molecule has 5 aromatic rings. The molecule has 0 radical (unpaired) electrons. The average Bonchev–Trinajstić information content (AvgIpc) is 3.11. The monoisotopic (exact) mass is 759 g/mol. The van der Waals surface area contributed by atoms with E-state index in [4.69, 9.17) is 9.47 Å². The SMILES string of the molecule is COc1c(C(C)(C)C)cc([C@H](c2cccc3c2Oc2c(P(c4ccccc4)c4ccccc4)cccc2C3(C)C)N(C)[S@](=O)C(C)(C)C)cc1C(C)(C)C. The minimum Gasteiger partial charge on any atom is -0.496 e. The Labute approximate surface area is 328 Å². The van der Waals surface area contributed by atoms with Gasteiger partial charge in [0.05, 0.1) is 17.9 Å². The first kappa shape index (κ1) is 39.9. The quantitative estimate of drug-likeness (QED) is 0.148. The Morgan fingerprint density at radius 1 is 0.685 bits per heavy atom. The molecule has 1 aliphatic heterocycles. The van der Waals surface area contributed by atoms with Crippen molar-refractivity contribution in [1.29, 1.82) is 0 Å². The van der Waals surface area contributed by atoms with Gasteiger partial charge in [-0.2, -0.15) is 0 Å². The molecule has 6 heteroatoms. The van der Waals surface area contributed by atoms with Crippen molar-refractivity contribution in [1.82, 2.24) is 4.31 Å². The second-order valence-electron chi connectivity index (χ2n) is 18.1. The Hall–Kier alpha value is -3.76. The van der Waals surface area contributed by atoms with Crippen molar-refractivity contribution >= 4 is 34.8 Å². The number of fused-ring (bicyclic) bond motifs is 2. The second kappa shape index (κ2) is 14.7. The van der Waals surface area contributed by atoms with Crippen LogP contribution in [0.1, 0.15) is 116 Å². The third-order valence-electron chi connectivity index (χ3n) is 10.6. The molecule has 0 amide bonds. The fourth-order valence-corrected chi connectivity index (χ4v) is 11.5. The molecular formula is C48H58NO3PS. The molecule has 0 saturated carbocycles. The van der Waals surface area contributed by atoms with Crippen LogP contribution >= 0.6 is 7.92 Å². The van der Waals surface area contributed by atoms with E-state index >= 15 is 0 Å². The van der Waals surface area contributed by atoms with Crippen LogP contribution in [0.4, 0.5) is 0 Å². The van der Waals surface area contributed by atoms with Gasteiger partial charge in [-0.25, -0.2) is 8.51 Å². The summed E-state index contributed by atoms with van der Waals surface area (Å²) in [6, 6.07) is 39.0. The first-order valence-corrected chi connectivity index (χ1v) is 21.4. The Morgan fingerprint density at radius 3 is 1.63 bits per heavy atom. The summed E-state index contributed by atoms with van der Waals surface area (Å²) < 4.78 is 29.7. The fraction of sp³-hybridized carbons (Fsp3) is 0.375. The van der Waals surface area contributed by atoms with Gasteiger partial charge >= 0.3 is 0 Å². The van der Waals surface area contributed by atoms with Crippen LogP contribution in [-0.4, -0.2) is 27.4 Å². The van der Waals surface area contributed by atoms with E-state index in [0.29, 0.717) is 0 Å². The molecule has 0 unspecified atom stereocenters. The molecule has 0 fully saturated rings. The van der Waals surface area contributed by atoms with E-state index in [2.05, 4.69) is 169 Å². The number of rotatable bonds is 8. The predicted octanol–water partition coefficient (Wildman–Crippen LogP) is 11.0. The average molecular weight is 760 g/mol. The third kappa shape index (κ3) is 7.45. The number of methoxy groups -OCH3 is 1. The van der Waals surface area contributed by atoms with Crippen molar-refractivity contribution < 1.29 is 13.7 Å². The zero-order valence-electron chi connectivity index (χ0n) is 34.5. The van der Waals surface area contributed by atoms with Gasteiger partial charge in [0.15, 0.2) is 0 Å². The summed E-state index contributed by atoms with van der Waals surface area (Å²) in [7, 11) is 1.48. The molecule has 4 nitrogen and oxygen atoms in total. The Bertz CT molecular complexity index is 2080. The number of hydrogen-bond donors (Lipinski definition) is 0. The van der Waals surface area contributed by atoms with Crippen LogP contribution in [0, 0.1) is 0 Å². The lowest BCUT2D eigenvalue weighted by Gasteiger charge is -2.40. The van der Waals surface area contributed by atoms with E-state index in [1.54, 1.807) is 7.11 Å². The first-order chi connectivity index (χ1) is 25.3. The lowest BCUT2D eigenvalue weighted by atomic mass is 9.74. The minimum atomic E-state index is -1.35. The van der Waals surface area contributed by atoms with E-state index in [0.717, 1.165) is 45.1 Å². The summed E-state index contributed by atoms with van der Waals surface area (Å²) >= 11 is 0. The molecule has 0 aliphatic carbocycles. The molecule has 2 atom stereocenters. The summed E-state index contributed by atoms with van der Waals surface area (Å²) in [6.45, 7) is 24.2. The predicted molar refractivity (Wildman–Crippen MR) is 232 cm³/mol. The highest BCUT2D eigenvalue weighted by Gasteiger charge is 2.41. The van der Waals surface area contributed by atoms with Gasteiger partial charge < -0.3 is 9.47 Å². The van der Waals surface area contributed by atoms with Crippen LogP contribution in [-0.2, 0) is 27.2 Å². The lowest BCUT2D eigenvalue weighted by Crippen LogP contribution is -2.38. The van der Waals surface area contributed by atoms with Crippen LogP contribution in [0.5, 0.6) is 17.2 Å². The van der Waals surface area contributed by atoms with Gasteiger partial charge in [-0.15, -0.1) is 0 Å². The van der Waals surface area contributed by atoms with Crippen LogP contribution in [0.25, 0.3) is 0 Å². The van der Waals surface area contributed by atoms with Crippen molar-refractivity contribution in [3.63, 3.8) is 0 Å². The smallest absolute Gasteiger partial charge is 0.139 e. The van der Waals surface area contributed by atoms with Gasteiger partial charge in [0, 0.05) is 45.6 Å². The molecule has 284 valence electrons. The lowest BCUT2D eigenvalue weighted by molar-refractivity contribution is 0.376. The largest absolute Gasteiger partial charge is 0.496 e. The molecule has 6 rings (SSSR count). The summed E-state index contributed by atoms with van der Waals surface area (Å²) in [5, 5.41) is 3.73. The van der Waals surface area contributed by atoms with Crippen molar-refractivity contribution in [2.24, 2.45) is 0 Å². The number of nitrogens with zero attached hydrogens (tertiary/aromatic N) is 1. The van der Waals surface area contributed by atoms with Gasteiger partial charge in [0.2, 0.25) is 0 Å². The van der Waals surface area contributed by atoms with Crippen molar-refractivity contribution in [2.75, 3.05) is 14.2 Å². The number of ether oxygens (including phenoxy) is 2. The first-order valence-electron chi connectivity index (χ1n) is 19.0. The third-order valence-corrected chi connectivity index (χ3v) is 14.8. The molecule has 0 spiro atoms. The highest BCUT2D eigenvalue weighted by Crippen LogP contribution is 2.54. The van der Waals surface area contributed by atoms with Crippen LogP contribution in [0.15, 0.2) is 109 Å². The van der Waals surface area contributed by atoms with Crippen LogP contribution < -0.4 is 25.4 Å². The summed E-state index contributed by atoms with van der Waals surface area (Å²) in [6.07, 6.45) is 0. The van der Waals surface area contributed by atoms with Crippen LogP contribution in [0.2, 0.25) is 0 Å². The van der Waals surface area contributed by atoms with E-state index in [1.165, 1.54) is 21.5 Å². The highest BCUT2D eigenvalue weighted by molar-refractivity contribution is 7.84. The minimum absolute atomic E-state index is 0.206. The maximum absolute atomic E-state index is 14.6. The molecule has 0 bridgehead atoms. The molecule has 54 heavy (non-hydrogen) atoms. The number of hydrogen-bond acceptors (Lipinski definition) is 3. The van der Waals surface area contributed by atoms with Gasteiger partial charge in [-0.3, -0.25) is 0 Å². The van der Waals surface area contributed by atoms with Gasteiger partial charge in [0.25, 0.3) is 0 Å². The summed E-state index contributed by atoms with van der Waals surface area (Å²) in [5.41, 5.74) is 5.82. The van der Waals surface area contributed by atoms with Crippen molar-refractivity contribution in [2.45, 2.75) is 103 Å². The Morgan fingerprint density at radius 2 is 1.17 bits per heavy atom. The molecular weight excluding hydrogens is 702 g/mol. The zero-order valence-corrected chi connectivity index (χ0v) is 36.2. The van der Waals surface area contributed by atoms with Gasteiger partial charge in [-0.1, -0.05) is 152 Å². The van der Waals surface area contributed by atoms with Crippen molar-refractivity contribution in [3.8, 4) is 17.2 Å². The topological polar surface area (TPSA) is 38.8 Å². The van der Waals surface area contributed by atoms with E-state index in [9.17, 15) is 4.21 Å². The van der Waals surface area contributed by atoms with Crippen LogP contribution in [0.3, 0.4) is 0 Å². The number of para-hydroxylation sites is 2. The standard InChI is InChI=1S/C48H58NO3PS/c1-45(2,3)38-30-32(31-39(43(38)51-13)46(4,5)6)41(49(12)54(50)47(7,8)9)35-26-20-27-36-42(35)52-44-37(48(36,10)11)28-21-29-40(44)53(33-22-16-14-17-23-33)34-24-18-15-19-25-34/h14-31,41H,1-13H3/t41-,54-/m1/s1. The summed E-state index contributed by atoms with van der Waals surface area (Å²) in [5.74, 6) is 2.67. The zero-order chi connectivity index (χ0) is 39.4. The van der Waals surface area contributed by atoms with E-state index < -0.39 is 23.7 Å². The molecule has 5 aromatic carbocycles. The molecule has 0 saturated heterocycles. The molecule has 1 aliphatic rings. The Kier molecular flexibility index (Phi) is 10.9. The number of benzene rings is 5.